The Morgan fingerprint density at radius 1 is 0.632 bits per heavy atom. The molecule has 0 radical (unpaired) electrons. The molecule has 0 amide bonds. The van der Waals surface area contributed by atoms with Crippen molar-refractivity contribution in [2.75, 3.05) is 13.2 Å². The molecule has 0 aromatic heterocycles. The minimum absolute atomic E-state index is 0.0507. The summed E-state index contributed by atoms with van der Waals surface area (Å²) < 4.78 is 91.7. The highest BCUT2D eigenvalue weighted by molar-refractivity contribution is 6.34. The summed E-state index contributed by atoms with van der Waals surface area (Å²) in [5, 5.41) is 38.1. The minimum Gasteiger partial charge on any atom is -0.482 e. The molecule has 2 unspecified atom stereocenters. The molecule has 2 aliphatic rings. The summed E-state index contributed by atoms with van der Waals surface area (Å²) in [7, 11) is 0. The van der Waals surface area contributed by atoms with Gasteiger partial charge in [0.2, 0.25) is 11.2 Å². The molecule has 6 N–H and O–H groups in total. The summed E-state index contributed by atoms with van der Waals surface area (Å²) in [6.45, 7) is 0.494. The molecule has 0 saturated carbocycles. The van der Waals surface area contributed by atoms with Crippen LogP contribution in [-0.4, -0.2) is 57.9 Å². The van der Waals surface area contributed by atoms with Gasteiger partial charge in [-0.2, -0.15) is 26.3 Å². The first kappa shape index (κ1) is 42.8. The number of alkyl halides is 6. The molecule has 5 aromatic carbocycles. The van der Waals surface area contributed by atoms with Gasteiger partial charge in [-0.15, -0.1) is 0 Å². The van der Waals surface area contributed by atoms with Crippen molar-refractivity contribution >= 4 is 35.1 Å². The number of carboxylic acid groups (broad SMARTS) is 2. The van der Waals surface area contributed by atoms with Gasteiger partial charge in [0.15, 0.2) is 13.2 Å². The lowest BCUT2D eigenvalue weighted by Crippen LogP contribution is -2.41. The van der Waals surface area contributed by atoms with Crippen LogP contribution in [0.1, 0.15) is 40.8 Å². The SMILES string of the molecule is C[C@H](N)c1ccccc1.O=C(O)COc1cc(Cl)c2c(c1)C(O)(C(F)(F)F)c1ccccc1-2.O=C(O)COc1cc(Cl)c2c(c1)C(O)(C(F)(F)F)c1ccccc1-2. The lowest BCUT2D eigenvalue weighted by Gasteiger charge is -2.28. The van der Waals surface area contributed by atoms with Crippen molar-refractivity contribution in [3.05, 3.63) is 141 Å². The van der Waals surface area contributed by atoms with Crippen LogP contribution < -0.4 is 15.2 Å². The molecule has 17 heteroatoms. The van der Waals surface area contributed by atoms with Gasteiger partial charge in [0.05, 0.1) is 10.0 Å². The summed E-state index contributed by atoms with van der Waals surface area (Å²) >= 11 is 12.2. The molecular weight excluding hydrogens is 807 g/mol. The maximum absolute atomic E-state index is 13.7. The number of carboxylic acids is 2. The standard InChI is InChI=1S/2C16H10ClF3O4.C8H11N/c2*17-12-6-8(24-7-13(21)22)5-11-14(12)9-3-1-2-4-10(9)15(11,23)16(18,19)20;1-7(9)8-5-3-2-4-6-8/h2*1-6,23H,7H2,(H,21,22);2-7H,9H2,1H3/t;;7-/m..0/s1. The number of rotatable bonds is 7. The van der Waals surface area contributed by atoms with E-state index in [1.807, 2.05) is 37.3 Å². The number of hydrogen-bond acceptors (Lipinski definition) is 7. The van der Waals surface area contributed by atoms with Gasteiger partial charge in [0.1, 0.15) is 11.5 Å². The second kappa shape index (κ2) is 16.3. The first-order chi connectivity index (χ1) is 26.6. The molecule has 57 heavy (non-hydrogen) atoms. The maximum atomic E-state index is 13.7. The van der Waals surface area contributed by atoms with Crippen molar-refractivity contribution in [1.29, 1.82) is 0 Å². The van der Waals surface area contributed by atoms with Gasteiger partial charge in [0.25, 0.3) is 0 Å². The zero-order valence-electron chi connectivity index (χ0n) is 29.3. The summed E-state index contributed by atoms with van der Waals surface area (Å²) in [6, 6.07) is 25.7. The van der Waals surface area contributed by atoms with Gasteiger partial charge in [-0.05, 0) is 47.9 Å². The molecule has 0 spiro atoms. The third kappa shape index (κ3) is 8.25. The first-order valence-electron chi connectivity index (χ1n) is 16.6. The van der Waals surface area contributed by atoms with Gasteiger partial charge in [0, 0.05) is 39.4 Å². The van der Waals surface area contributed by atoms with E-state index in [4.69, 9.17) is 48.6 Å². The van der Waals surface area contributed by atoms with Crippen molar-refractivity contribution in [3.8, 4) is 33.8 Å². The van der Waals surface area contributed by atoms with E-state index in [1.54, 1.807) is 0 Å². The van der Waals surface area contributed by atoms with Gasteiger partial charge < -0.3 is 35.6 Å². The Bertz CT molecular complexity index is 2170. The normalized spacial score (nSPS) is 18.0. The summed E-state index contributed by atoms with van der Waals surface area (Å²) in [4.78, 5) is 21.1. The Hall–Kier alpha value is -5.32. The van der Waals surface area contributed by atoms with E-state index < -0.39 is 59.8 Å². The molecule has 2 aliphatic carbocycles. The lowest BCUT2D eigenvalue weighted by atomic mass is 9.90. The van der Waals surface area contributed by atoms with Crippen molar-refractivity contribution < 1.29 is 65.8 Å². The lowest BCUT2D eigenvalue weighted by molar-refractivity contribution is -0.247. The summed E-state index contributed by atoms with van der Waals surface area (Å²) in [5.74, 6) is -2.92. The molecule has 5 aromatic rings. The minimum atomic E-state index is -5.00. The van der Waals surface area contributed by atoms with Crippen LogP contribution in [0.3, 0.4) is 0 Å². The van der Waals surface area contributed by atoms with Crippen LogP contribution in [0.5, 0.6) is 11.5 Å². The fraction of sp³-hybridized carbons (Fsp3) is 0.200. The van der Waals surface area contributed by atoms with Crippen LogP contribution in [0.25, 0.3) is 22.3 Å². The molecule has 300 valence electrons. The zero-order valence-corrected chi connectivity index (χ0v) is 30.8. The molecule has 0 saturated heterocycles. The maximum Gasteiger partial charge on any atom is 0.425 e. The molecule has 9 nitrogen and oxygen atoms in total. The summed E-state index contributed by atoms with van der Waals surface area (Å²) in [5.41, 5.74) is -0.868. The fourth-order valence-corrected chi connectivity index (χ4v) is 7.05. The zero-order chi connectivity index (χ0) is 42.1. The Balaban J connectivity index is 0.000000179. The number of benzene rings is 5. The van der Waals surface area contributed by atoms with Crippen LogP contribution in [0.2, 0.25) is 10.0 Å². The molecule has 3 atom stereocenters. The van der Waals surface area contributed by atoms with E-state index in [9.17, 15) is 46.1 Å². The molecule has 0 aliphatic heterocycles. The first-order valence-corrected chi connectivity index (χ1v) is 17.3. The fourth-order valence-electron chi connectivity index (χ4n) is 6.43. The number of halogens is 8. The quantitative estimate of drug-likeness (QED) is 0.101. The number of ether oxygens (including phenoxy) is 2. The van der Waals surface area contributed by atoms with E-state index in [0.29, 0.717) is 0 Å². The predicted molar refractivity (Wildman–Crippen MR) is 197 cm³/mol. The van der Waals surface area contributed by atoms with E-state index in [0.717, 1.165) is 12.1 Å². The number of nitrogens with two attached hydrogens (primary N) is 1. The van der Waals surface area contributed by atoms with E-state index >= 15 is 0 Å². The smallest absolute Gasteiger partial charge is 0.425 e. The second-order valence-electron chi connectivity index (χ2n) is 12.7. The number of aliphatic hydroxyl groups is 2. The number of carbonyl (C=O) groups is 2. The highest BCUT2D eigenvalue weighted by atomic mass is 35.5. The van der Waals surface area contributed by atoms with Crippen LogP contribution in [0.4, 0.5) is 26.3 Å². The van der Waals surface area contributed by atoms with Gasteiger partial charge in [-0.25, -0.2) is 9.59 Å². The van der Waals surface area contributed by atoms with E-state index in [-0.39, 0.29) is 61.0 Å². The number of fused-ring (bicyclic) bond motifs is 6. The van der Waals surface area contributed by atoms with E-state index in [2.05, 4.69) is 0 Å². The largest absolute Gasteiger partial charge is 0.482 e. The van der Waals surface area contributed by atoms with Crippen molar-refractivity contribution in [2.45, 2.75) is 36.5 Å². The summed E-state index contributed by atoms with van der Waals surface area (Å²) in [6.07, 6.45) is -9.99. The number of aliphatic carboxylic acids is 2. The van der Waals surface area contributed by atoms with Gasteiger partial charge >= 0.3 is 24.3 Å². The molecule has 0 heterocycles. The van der Waals surface area contributed by atoms with Gasteiger partial charge in [-0.3, -0.25) is 0 Å². The van der Waals surface area contributed by atoms with Gasteiger partial charge in [-0.1, -0.05) is 102 Å². The highest BCUT2D eigenvalue weighted by Crippen LogP contribution is 2.59. The molecular formula is C40H31Cl2F6NO8. The third-order valence-corrected chi connectivity index (χ3v) is 9.55. The Morgan fingerprint density at radius 3 is 1.30 bits per heavy atom. The second-order valence-corrected chi connectivity index (χ2v) is 13.5. The van der Waals surface area contributed by atoms with Crippen molar-refractivity contribution in [3.63, 3.8) is 0 Å². The van der Waals surface area contributed by atoms with Crippen molar-refractivity contribution in [1.82, 2.24) is 0 Å². The molecule has 7 rings (SSSR count). The Labute approximate surface area is 330 Å². The number of hydrogen-bond donors (Lipinski definition) is 5. The topological polar surface area (TPSA) is 160 Å². The molecule has 0 fully saturated rings. The van der Waals surface area contributed by atoms with Crippen molar-refractivity contribution in [2.24, 2.45) is 5.73 Å². The Morgan fingerprint density at radius 2 is 0.982 bits per heavy atom. The van der Waals surface area contributed by atoms with Crippen LogP contribution in [0.15, 0.2) is 103 Å². The Kier molecular flexibility index (Phi) is 12.2. The highest BCUT2D eigenvalue weighted by Gasteiger charge is 2.62. The third-order valence-electron chi connectivity index (χ3n) is 8.95. The van der Waals surface area contributed by atoms with Crippen LogP contribution in [-0.2, 0) is 20.8 Å². The van der Waals surface area contributed by atoms with Crippen LogP contribution in [0, 0.1) is 0 Å². The van der Waals surface area contributed by atoms with E-state index in [1.165, 1.54) is 66.2 Å². The average molecular weight is 839 g/mol. The monoisotopic (exact) mass is 837 g/mol. The average Bonchev–Trinajstić information content (AvgIpc) is 3.58. The predicted octanol–water partition coefficient (Wildman–Crippen LogP) is 8.87. The van der Waals surface area contributed by atoms with Crippen LogP contribution >= 0.6 is 23.2 Å². The molecule has 0 bridgehead atoms.